The minimum Gasteiger partial charge on any atom is -0.396 e. The fourth-order valence-corrected chi connectivity index (χ4v) is 1.58. The Kier molecular flexibility index (Phi) is 5.15. The molecule has 0 bridgehead atoms. The number of nitrogen functional groups attached to an aromatic ring is 1. The summed E-state index contributed by atoms with van der Waals surface area (Å²) >= 11 is 0. The number of aliphatic hydroxyl groups excluding tert-OH is 1. The lowest BCUT2D eigenvalue weighted by molar-refractivity contribution is 0.282. The predicted molar refractivity (Wildman–Crippen MR) is 70.0 cm³/mol. The van der Waals surface area contributed by atoms with Crippen molar-refractivity contribution in [2.24, 2.45) is 0 Å². The van der Waals surface area contributed by atoms with Crippen molar-refractivity contribution in [2.75, 3.05) is 17.7 Å². The number of hydrogen-bond acceptors (Lipinski definition) is 5. The molecule has 17 heavy (non-hydrogen) atoms. The van der Waals surface area contributed by atoms with Crippen LogP contribution in [-0.2, 0) is 6.42 Å². The summed E-state index contributed by atoms with van der Waals surface area (Å²) < 4.78 is 0. The molecule has 4 N–H and O–H groups in total. The Morgan fingerprint density at radius 3 is 2.71 bits per heavy atom. The maximum atomic E-state index is 8.79. The molecule has 0 aliphatic rings. The molecule has 0 spiro atoms. The second kappa shape index (κ2) is 6.39. The standard InChI is InChI=1S/C12H22N4O/c1-4-10-15-11(13)9(3)12(16-10)14-8(2)6-5-7-17/h8,17H,4-7H2,1-3H3,(H3,13,14,15,16). The molecular formula is C12H22N4O. The number of rotatable bonds is 6. The molecule has 1 heterocycles. The minimum atomic E-state index is 0.219. The van der Waals surface area contributed by atoms with Crippen molar-refractivity contribution in [3.63, 3.8) is 0 Å². The van der Waals surface area contributed by atoms with Gasteiger partial charge in [-0.2, -0.15) is 0 Å². The van der Waals surface area contributed by atoms with Gasteiger partial charge in [0.25, 0.3) is 0 Å². The monoisotopic (exact) mass is 238 g/mol. The van der Waals surface area contributed by atoms with Crippen LogP contribution in [0.5, 0.6) is 0 Å². The number of aromatic nitrogens is 2. The van der Waals surface area contributed by atoms with Crippen LogP contribution in [0.4, 0.5) is 11.6 Å². The SMILES string of the molecule is CCc1nc(N)c(C)c(NC(C)CCCO)n1. The summed E-state index contributed by atoms with van der Waals surface area (Å²) in [6.45, 7) is 6.20. The molecule has 96 valence electrons. The van der Waals surface area contributed by atoms with Gasteiger partial charge in [0.1, 0.15) is 17.5 Å². The number of aryl methyl sites for hydroxylation is 1. The minimum absolute atomic E-state index is 0.219. The first-order valence-corrected chi connectivity index (χ1v) is 6.08. The zero-order valence-electron chi connectivity index (χ0n) is 10.8. The second-order valence-corrected chi connectivity index (χ2v) is 4.26. The molecule has 1 aromatic heterocycles. The third-order valence-corrected chi connectivity index (χ3v) is 2.72. The van der Waals surface area contributed by atoms with Gasteiger partial charge in [-0.3, -0.25) is 0 Å². The second-order valence-electron chi connectivity index (χ2n) is 4.26. The Bertz CT molecular complexity index is 368. The van der Waals surface area contributed by atoms with Gasteiger partial charge in [-0.05, 0) is 26.7 Å². The molecule has 1 unspecified atom stereocenters. The first-order chi connectivity index (χ1) is 8.08. The van der Waals surface area contributed by atoms with Crippen molar-refractivity contribution in [1.82, 2.24) is 9.97 Å². The molecule has 5 nitrogen and oxygen atoms in total. The molecule has 0 saturated heterocycles. The highest BCUT2D eigenvalue weighted by Gasteiger charge is 2.10. The van der Waals surface area contributed by atoms with Crippen molar-refractivity contribution in [2.45, 2.75) is 46.1 Å². The van der Waals surface area contributed by atoms with E-state index in [0.717, 1.165) is 36.5 Å². The normalized spacial score (nSPS) is 12.5. The molecule has 0 fully saturated rings. The Morgan fingerprint density at radius 2 is 2.12 bits per heavy atom. The maximum Gasteiger partial charge on any atom is 0.134 e. The molecule has 1 atom stereocenters. The van der Waals surface area contributed by atoms with Gasteiger partial charge >= 0.3 is 0 Å². The number of nitrogens with zero attached hydrogens (tertiary/aromatic N) is 2. The summed E-state index contributed by atoms with van der Waals surface area (Å²) in [5.41, 5.74) is 6.73. The Hall–Kier alpha value is -1.36. The summed E-state index contributed by atoms with van der Waals surface area (Å²) in [5.74, 6) is 2.10. The fourth-order valence-electron chi connectivity index (χ4n) is 1.58. The van der Waals surface area contributed by atoms with Crippen LogP contribution >= 0.6 is 0 Å². The average molecular weight is 238 g/mol. The average Bonchev–Trinajstić information content (AvgIpc) is 2.32. The van der Waals surface area contributed by atoms with E-state index in [-0.39, 0.29) is 12.6 Å². The molecule has 1 rings (SSSR count). The molecule has 0 aliphatic carbocycles. The first-order valence-electron chi connectivity index (χ1n) is 6.08. The molecule has 0 saturated carbocycles. The topological polar surface area (TPSA) is 84.1 Å². The van der Waals surface area contributed by atoms with E-state index in [1.807, 2.05) is 13.8 Å². The van der Waals surface area contributed by atoms with Crippen LogP contribution in [0, 0.1) is 6.92 Å². The third-order valence-electron chi connectivity index (χ3n) is 2.72. The van der Waals surface area contributed by atoms with E-state index in [9.17, 15) is 0 Å². The first kappa shape index (κ1) is 13.7. The van der Waals surface area contributed by atoms with Crippen LogP contribution in [-0.4, -0.2) is 27.7 Å². The highest BCUT2D eigenvalue weighted by molar-refractivity contribution is 5.55. The third kappa shape index (κ3) is 3.85. The van der Waals surface area contributed by atoms with Crippen molar-refractivity contribution >= 4 is 11.6 Å². The molecule has 1 aromatic rings. The number of nitrogens with one attached hydrogen (secondary N) is 1. The van der Waals surface area contributed by atoms with Gasteiger partial charge in [0.05, 0.1) is 0 Å². The highest BCUT2D eigenvalue weighted by Crippen LogP contribution is 2.19. The van der Waals surface area contributed by atoms with Gasteiger partial charge in [-0.15, -0.1) is 0 Å². The van der Waals surface area contributed by atoms with Gasteiger partial charge < -0.3 is 16.2 Å². The van der Waals surface area contributed by atoms with E-state index >= 15 is 0 Å². The van der Waals surface area contributed by atoms with Crippen molar-refractivity contribution in [3.8, 4) is 0 Å². The summed E-state index contributed by atoms with van der Waals surface area (Å²) in [6.07, 6.45) is 2.46. The molecule has 0 aliphatic heterocycles. The Labute approximate surface area is 102 Å². The Morgan fingerprint density at radius 1 is 1.41 bits per heavy atom. The van der Waals surface area contributed by atoms with Crippen LogP contribution < -0.4 is 11.1 Å². The van der Waals surface area contributed by atoms with Crippen molar-refractivity contribution in [1.29, 1.82) is 0 Å². The van der Waals surface area contributed by atoms with E-state index < -0.39 is 0 Å². The van der Waals surface area contributed by atoms with Gasteiger partial charge in [-0.25, -0.2) is 9.97 Å². The largest absolute Gasteiger partial charge is 0.396 e. The van der Waals surface area contributed by atoms with E-state index in [4.69, 9.17) is 10.8 Å². The van der Waals surface area contributed by atoms with Gasteiger partial charge in [-0.1, -0.05) is 6.92 Å². The van der Waals surface area contributed by atoms with Crippen LogP contribution in [0.1, 0.15) is 38.1 Å². The molecule has 0 aromatic carbocycles. The summed E-state index contributed by atoms with van der Waals surface area (Å²) in [4.78, 5) is 8.64. The lowest BCUT2D eigenvalue weighted by atomic mass is 10.2. The van der Waals surface area contributed by atoms with Gasteiger partial charge in [0, 0.05) is 24.6 Å². The van der Waals surface area contributed by atoms with Crippen LogP contribution in [0.25, 0.3) is 0 Å². The molecule has 0 radical (unpaired) electrons. The van der Waals surface area contributed by atoms with E-state index in [1.54, 1.807) is 0 Å². The quantitative estimate of drug-likeness (QED) is 0.699. The van der Waals surface area contributed by atoms with Crippen molar-refractivity contribution < 1.29 is 5.11 Å². The zero-order chi connectivity index (χ0) is 12.8. The Balaban J connectivity index is 2.78. The lowest BCUT2D eigenvalue weighted by Crippen LogP contribution is -2.18. The molecule has 0 amide bonds. The fraction of sp³-hybridized carbons (Fsp3) is 0.667. The highest BCUT2D eigenvalue weighted by atomic mass is 16.2. The lowest BCUT2D eigenvalue weighted by Gasteiger charge is -2.17. The summed E-state index contributed by atoms with van der Waals surface area (Å²) in [5, 5.41) is 12.1. The number of anilines is 2. The smallest absolute Gasteiger partial charge is 0.134 e. The van der Waals surface area contributed by atoms with E-state index in [1.165, 1.54) is 0 Å². The van der Waals surface area contributed by atoms with Crippen LogP contribution in [0.3, 0.4) is 0 Å². The maximum absolute atomic E-state index is 8.79. The number of nitrogens with two attached hydrogens (primary N) is 1. The number of hydrogen-bond donors (Lipinski definition) is 3. The van der Waals surface area contributed by atoms with Crippen molar-refractivity contribution in [3.05, 3.63) is 11.4 Å². The van der Waals surface area contributed by atoms with Gasteiger partial charge in [0.2, 0.25) is 0 Å². The summed E-state index contributed by atoms with van der Waals surface area (Å²) in [6, 6.07) is 0.264. The predicted octanol–water partition coefficient (Wildman–Crippen LogP) is 1.50. The molecule has 5 heteroatoms. The zero-order valence-corrected chi connectivity index (χ0v) is 10.8. The molecular weight excluding hydrogens is 216 g/mol. The van der Waals surface area contributed by atoms with Crippen LogP contribution in [0.15, 0.2) is 0 Å². The number of aliphatic hydroxyl groups is 1. The summed E-state index contributed by atoms with van der Waals surface area (Å²) in [7, 11) is 0. The van der Waals surface area contributed by atoms with E-state index in [2.05, 4.69) is 22.2 Å². The van der Waals surface area contributed by atoms with Crippen LogP contribution in [0.2, 0.25) is 0 Å². The van der Waals surface area contributed by atoms with E-state index in [0.29, 0.717) is 5.82 Å². The van der Waals surface area contributed by atoms with Gasteiger partial charge in [0.15, 0.2) is 0 Å².